The maximum absolute atomic E-state index is 13.7. The number of piperazine rings is 1. The second kappa shape index (κ2) is 8.91. The first-order valence-corrected chi connectivity index (χ1v) is 8.95. The highest BCUT2D eigenvalue weighted by molar-refractivity contribution is 6.31. The van der Waals surface area contributed by atoms with Crippen LogP contribution in [0.15, 0.2) is 36.7 Å². The van der Waals surface area contributed by atoms with Crippen LogP contribution >= 0.6 is 11.6 Å². The molecule has 0 atom stereocenters. The van der Waals surface area contributed by atoms with E-state index in [0.717, 1.165) is 38.7 Å². The number of amides is 1. The molecule has 1 aromatic heterocycles. The van der Waals surface area contributed by atoms with Gasteiger partial charge in [-0.2, -0.15) is 0 Å². The quantitative estimate of drug-likeness (QED) is 0.831. The van der Waals surface area contributed by atoms with Crippen molar-refractivity contribution in [2.75, 3.05) is 44.2 Å². The summed E-state index contributed by atoms with van der Waals surface area (Å²) in [6.45, 7) is 4.74. The summed E-state index contributed by atoms with van der Waals surface area (Å²) in [5, 5.41) is 3.11. The summed E-state index contributed by atoms with van der Waals surface area (Å²) >= 11 is 5.95. The average Bonchev–Trinajstić information content (AvgIpc) is 2.66. The highest BCUT2D eigenvalue weighted by Crippen LogP contribution is 2.19. The number of aromatic nitrogens is 2. The molecule has 1 N–H and O–H groups in total. The molecule has 0 aliphatic carbocycles. The van der Waals surface area contributed by atoms with E-state index in [1.807, 2.05) is 0 Å². The Kier molecular flexibility index (Phi) is 6.35. The number of nitrogens with one attached hydrogen (secondary N) is 1. The third-order valence-corrected chi connectivity index (χ3v) is 4.71. The van der Waals surface area contributed by atoms with E-state index in [9.17, 15) is 9.18 Å². The third kappa shape index (κ3) is 4.89. The van der Waals surface area contributed by atoms with Crippen molar-refractivity contribution in [3.8, 4) is 0 Å². The van der Waals surface area contributed by atoms with Crippen molar-refractivity contribution in [1.29, 1.82) is 0 Å². The lowest BCUT2D eigenvalue weighted by Gasteiger charge is -2.34. The van der Waals surface area contributed by atoms with E-state index in [1.165, 1.54) is 12.1 Å². The fourth-order valence-electron chi connectivity index (χ4n) is 2.90. The summed E-state index contributed by atoms with van der Waals surface area (Å²) in [6, 6.07) is 6.23. The molecular weight excluding hydrogens is 357 g/mol. The van der Waals surface area contributed by atoms with Crippen LogP contribution in [0.2, 0.25) is 5.02 Å². The second-order valence-electron chi connectivity index (χ2n) is 6.10. The smallest absolute Gasteiger partial charge is 0.225 e. The molecule has 1 aromatic carbocycles. The molecule has 0 radical (unpaired) electrons. The Morgan fingerprint density at radius 3 is 2.58 bits per heavy atom. The molecule has 0 unspecified atom stereocenters. The van der Waals surface area contributed by atoms with E-state index >= 15 is 0 Å². The van der Waals surface area contributed by atoms with Crippen LogP contribution < -0.4 is 10.2 Å². The highest BCUT2D eigenvalue weighted by Gasteiger charge is 2.18. The van der Waals surface area contributed by atoms with E-state index in [0.29, 0.717) is 6.54 Å². The Labute approximate surface area is 157 Å². The number of nitrogens with zero attached hydrogens (tertiary/aromatic N) is 4. The third-order valence-electron chi connectivity index (χ3n) is 4.36. The van der Waals surface area contributed by atoms with Gasteiger partial charge in [0.25, 0.3) is 0 Å². The van der Waals surface area contributed by atoms with Crippen LogP contribution in [0.5, 0.6) is 0 Å². The van der Waals surface area contributed by atoms with Crippen molar-refractivity contribution in [2.24, 2.45) is 0 Å². The lowest BCUT2D eigenvalue weighted by atomic mass is 10.1. The minimum atomic E-state index is -0.452. The number of benzene rings is 1. The molecule has 26 heavy (non-hydrogen) atoms. The molecule has 138 valence electrons. The topological polar surface area (TPSA) is 61.4 Å². The minimum Gasteiger partial charge on any atom is -0.355 e. The summed E-state index contributed by atoms with van der Waals surface area (Å²) in [5.74, 6) is 0.0717. The molecule has 6 nitrogen and oxygen atoms in total. The SMILES string of the molecule is O=C(Cc1c(F)cccc1Cl)NCCN1CCN(c2ncccn2)CC1. The van der Waals surface area contributed by atoms with Crippen LogP contribution in [-0.4, -0.2) is 60.0 Å². The molecule has 8 heteroatoms. The summed E-state index contributed by atoms with van der Waals surface area (Å²) < 4.78 is 13.7. The van der Waals surface area contributed by atoms with Crippen molar-refractivity contribution in [2.45, 2.75) is 6.42 Å². The maximum atomic E-state index is 13.7. The predicted octanol–water partition coefficient (Wildman–Crippen LogP) is 1.75. The Bertz CT molecular complexity index is 717. The molecule has 3 rings (SSSR count). The van der Waals surface area contributed by atoms with Crippen molar-refractivity contribution in [1.82, 2.24) is 20.2 Å². The average molecular weight is 378 g/mol. The standard InChI is InChI=1S/C18H21ClFN5O/c19-15-3-1-4-16(20)14(15)13-17(26)21-7-8-24-9-11-25(12-10-24)18-22-5-2-6-23-18/h1-6H,7-13H2,(H,21,26). The summed E-state index contributed by atoms with van der Waals surface area (Å²) in [5.41, 5.74) is 0.239. The van der Waals surface area contributed by atoms with Crippen LogP contribution in [0.1, 0.15) is 5.56 Å². The molecule has 1 aliphatic heterocycles. The van der Waals surface area contributed by atoms with Crippen molar-refractivity contribution >= 4 is 23.5 Å². The molecule has 2 aromatic rings. The van der Waals surface area contributed by atoms with Gasteiger partial charge in [0.15, 0.2) is 0 Å². The number of halogens is 2. The van der Waals surface area contributed by atoms with Gasteiger partial charge in [-0.1, -0.05) is 17.7 Å². The first-order valence-electron chi connectivity index (χ1n) is 8.57. The minimum absolute atomic E-state index is 0.0510. The van der Waals surface area contributed by atoms with Gasteiger partial charge in [0.1, 0.15) is 5.82 Å². The highest BCUT2D eigenvalue weighted by atomic mass is 35.5. The van der Waals surface area contributed by atoms with Gasteiger partial charge in [0.2, 0.25) is 11.9 Å². The molecule has 0 spiro atoms. The molecule has 1 saturated heterocycles. The second-order valence-corrected chi connectivity index (χ2v) is 6.51. The van der Waals surface area contributed by atoms with Gasteiger partial charge in [-0.3, -0.25) is 9.69 Å². The Balaban J connectivity index is 1.38. The predicted molar refractivity (Wildman–Crippen MR) is 98.8 cm³/mol. The Hall–Kier alpha value is -2.25. The molecular formula is C18H21ClFN5O. The molecule has 1 amide bonds. The molecule has 0 bridgehead atoms. The van der Waals surface area contributed by atoms with Gasteiger partial charge in [-0.05, 0) is 18.2 Å². The van der Waals surface area contributed by atoms with Crippen LogP contribution in [0, 0.1) is 5.82 Å². The number of hydrogen-bond acceptors (Lipinski definition) is 5. The lowest BCUT2D eigenvalue weighted by Crippen LogP contribution is -2.49. The first kappa shape index (κ1) is 18.5. The molecule has 1 fully saturated rings. The number of carbonyl (C=O) groups is 1. The van der Waals surface area contributed by atoms with Crippen molar-refractivity contribution in [3.05, 3.63) is 53.1 Å². The first-order chi connectivity index (χ1) is 12.6. The summed E-state index contributed by atoms with van der Waals surface area (Å²) in [6.07, 6.45) is 3.43. The van der Waals surface area contributed by atoms with Gasteiger partial charge >= 0.3 is 0 Å². The fraction of sp³-hybridized carbons (Fsp3) is 0.389. The zero-order valence-corrected chi connectivity index (χ0v) is 15.1. The van der Waals surface area contributed by atoms with Crippen LogP contribution in [0.25, 0.3) is 0 Å². The van der Waals surface area contributed by atoms with E-state index in [-0.39, 0.29) is 22.9 Å². The number of rotatable bonds is 6. The van der Waals surface area contributed by atoms with E-state index in [4.69, 9.17) is 11.6 Å². The van der Waals surface area contributed by atoms with E-state index in [2.05, 4.69) is 25.1 Å². The molecule has 1 aliphatic rings. The van der Waals surface area contributed by atoms with Gasteiger partial charge < -0.3 is 10.2 Å². The fourth-order valence-corrected chi connectivity index (χ4v) is 3.13. The zero-order chi connectivity index (χ0) is 18.4. The van der Waals surface area contributed by atoms with E-state index in [1.54, 1.807) is 24.5 Å². The zero-order valence-electron chi connectivity index (χ0n) is 14.4. The summed E-state index contributed by atoms with van der Waals surface area (Å²) in [7, 11) is 0. The van der Waals surface area contributed by atoms with Crippen molar-refractivity contribution in [3.63, 3.8) is 0 Å². The molecule has 2 heterocycles. The number of anilines is 1. The van der Waals surface area contributed by atoms with Crippen LogP contribution in [0.3, 0.4) is 0 Å². The Morgan fingerprint density at radius 2 is 1.88 bits per heavy atom. The van der Waals surface area contributed by atoms with Crippen molar-refractivity contribution < 1.29 is 9.18 Å². The van der Waals surface area contributed by atoms with Gasteiger partial charge in [0.05, 0.1) is 6.42 Å². The van der Waals surface area contributed by atoms with Crippen LogP contribution in [0.4, 0.5) is 10.3 Å². The van der Waals surface area contributed by atoms with Gasteiger partial charge in [-0.25, -0.2) is 14.4 Å². The lowest BCUT2D eigenvalue weighted by molar-refractivity contribution is -0.120. The Morgan fingerprint density at radius 1 is 1.15 bits per heavy atom. The number of carbonyl (C=O) groups excluding carboxylic acids is 1. The monoisotopic (exact) mass is 377 g/mol. The van der Waals surface area contributed by atoms with E-state index < -0.39 is 5.82 Å². The molecule has 0 saturated carbocycles. The number of hydrogen-bond donors (Lipinski definition) is 1. The van der Waals surface area contributed by atoms with Crippen LogP contribution in [-0.2, 0) is 11.2 Å². The summed E-state index contributed by atoms with van der Waals surface area (Å²) in [4.78, 5) is 25.0. The van der Waals surface area contributed by atoms with Gasteiger partial charge in [-0.15, -0.1) is 0 Å². The van der Waals surface area contributed by atoms with Gasteiger partial charge in [0, 0.05) is 62.2 Å². The maximum Gasteiger partial charge on any atom is 0.225 e. The largest absolute Gasteiger partial charge is 0.355 e. The normalized spacial score (nSPS) is 15.1.